The fourth-order valence-corrected chi connectivity index (χ4v) is 3.60. The number of carbonyl (C=O) groups is 1. The molecular formula is C28H21ClN2O3. The molecule has 0 saturated carbocycles. The number of anilines is 1. The Labute approximate surface area is 202 Å². The molecule has 0 atom stereocenters. The highest BCUT2D eigenvalue weighted by Crippen LogP contribution is 2.30. The number of ether oxygens (including phenoxy) is 2. The summed E-state index contributed by atoms with van der Waals surface area (Å²) in [6, 6.07) is 28.0. The van der Waals surface area contributed by atoms with Crippen LogP contribution < -0.4 is 14.8 Å². The summed E-state index contributed by atoms with van der Waals surface area (Å²) in [6.45, 7) is 0.347. The van der Waals surface area contributed by atoms with Gasteiger partial charge in [0.15, 0.2) is 11.5 Å². The second-order valence-corrected chi connectivity index (χ2v) is 7.91. The van der Waals surface area contributed by atoms with Gasteiger partial charge in [0.2, 0.25) is 0 Å². The zero-order valence-electron chi connectivity index (χ0n) is 18.4. The molecule has 168 valence electrons. The van der Waals surface area contributed by atoms with Crippen LogP contribution in [-0.4, -0.2) is 13.0 Å². The van der Waals surface area contributed by atoms with Crippen molar-refractivity contribution in [3.05, 3.63) is 107 Å². The largest absolute Gasteiger partial charge is 0.493 e. The van der Waals surface area contributed by atoms with Gasteiger partial charge in [0.05, 0.1) is 7.11 Å². The number of carbonyl (C=O) groups excluding carboxylic acids is 1. The first-order valence-electron chi connectivity index (χ1n) is 10.5. The van der Waals surface area contributed by atoms with Gasteiger partial charge in [0.1, 0.15) is 18.2 Å². The molecule has 0 spiro atoms. The van der Waals surface area contributed by atoms with Gasteiger partial charge in [-0.2, -0.15) is 5.26 Å². The maximum absolute atomic E-state index is 12.8. The first-order valence-corrected chi connectivity index (χ1v) is 10.9. The van der Waals surface area contributed by atoms with Crippen molar-refractivity contribution in [3.8, 4) is 17.6 Å². The number of rotatable bonds is 7. The van der Waals surface area contributed by atoms with Crippen LogP contribution in [0.1, 0.15) is 11.1 Å². The fourth-order valence-electron chi connectivity index (χ4n) is 3.47. The van der Waals surface area contributed by atoms with Crippen molar-refractivity contribution < 1.29 is 14.3 Å². The number of hydrogen-bond donors (Lipinski definition) is 1. The Morgan fingerprint density at radius 3 is 2.53 bits per heavy atom. The van der Waals surface area contributed by atoms with Crippen LogP contribution in [0.4, 0.5) is 5.69 Å². The Morgan fingerprint density at radius 2 is 1.76 bits per heavy atom. The number of benzene rings is 4. The zero-order valence-corrected chi connectivity index (χ0v) is 19.2. The van der Waals surface area contributed by atoms with Crippen LogP contribution in [0, 0.1) is 11.3 Å². The summed E-state index contributed by atoms with van der Waals surface area (Å²) in [5, 5.41) is 15.0. The van der Waals surface area contributed by atoms with E-state index in [1.807, 2.05) is 60.7 Å². The van der Waals surface area contributed by atoms with E-state index < -0.39 is 5.91 Å². The van der Waals surface area contributed by atoms with Crippen LogP contribution in [0.25, 0.3) is 16.8 Å². The molecule has 4 aromatic rings. The van der Waals surface area contributed by atoms with Crippen molar-refractivity contribution in [2.75, 3.05) is 12.4 Å². The third-order valence-corrected chi connectivity index (χ3v) is 5.46. The Hall–Kier alpha value is -4.27. The first-order chi connectivity index (χ1) is 16.6. The molecule has 0 aliphatic rings. The summed E-state index contributed by atoms with van der Waals surface area (Å²) >= 11 is 5.92. The Kier molecular flexibility index (Phi) is 7.12. The van der Waals surface area contributed by atoms with Gasteiger partial charge in [-0.15, -0.1) is 0 Å². The van der Waals surface area contributed by atoms with E-state index in [1.54, 1.807) is 30.3 Å². The highest BCUT2D eigenvalue weighted by molar-refractivity contribution is 6.30. The minimum absolute atomic E-state index is 0.0233. The smallest absolute Gasteiger partial charge is 0.266 e. The number of hydrogen-bond acceptors (Lipinski definition) is 4. The van der Waals surface area contributed by atoms with Gasteiger partial charge in [-0.05, 0) is 52.9 Å². The second kappa shape index (κ2) is 10.6. The van der Waals surface area contributed by atoms with Crippen molar-refractivity contribution in [1.82, 2.24) is 0 Å². The molecule has 0 aliphatic carbocycles. The summed E-state index contributed by atoms with van der Waals surface area (Å²) in [6.07, 6.45) is 1.52. The predicted octanol–water partition coefficient (Wildman–Crippen LogP) is 6.63. The maximum Gasteiger partial charge on any atom is 0.266 e. The summed E-state index contributed by atoms with van der Waals surface area (Å²) in [4.78, 5) is 12.8. The SMILES string of the molecule is COc1cc(/C=C(\C#N)C(=O)Nc2cccc3ccccc23)ccc1OCc1ccc(Cl)cc1. The number of methoxy groups -OCH3 is 1. The standard InChI is InChI=1S/C28H21ClN2O3/c1-33-27-16-20(11-14-26(27)34-18-19-9-12-23(29)13-10-19)15-22(17-30)28(32)31-25-8-4-6-21-5-2-3-7-24(21)25/h2-16H,18H2,1H3,(H,31,32)/b22-15+. The van der Waals surface area contributed by atoms with Gasteiger partial charge in [-0.3, -0.25) is 4.79 Å². The summed E-state index contributed by atoms with van der Waals surface area (Å²) in [5.41, 5.74) is 2.23. The number of nitrogens with one attached hydrogen (secondary N) is 1. The normalized spacial score (nSPS) is 11.0. The Balaban J connectivity index is 1.52. The molecular weight excluding hydrogens is 448 g/mol. The molecule has 0 saturated heterocycles. The molecule has 34 heavy (non-hydrogen) atoms. The van der Waals surface area contributed by atoms with Crippen LogP contribution in [-0.2, 0) is 11.4 Å². The topological polar surface area (TPSA) is 71.3 Å². The molecule has 1 N–H and O–H groups in total. The number of halogens is 1. The maximum atomic E-state index is 12.8. The van der Waals surface area contributed by atoms with E-state index in [0.29, 0.717) is 34.4 Å². The lowest BCUT2D eigenvalue weighted by atomic mass is 10.1. The van der Waals surface area contributed by atoms with E-state index in [2.05, 4.69) is 5.32 Å². The van der Waals surface area contributed by atoms with Crippen LogP contribution in [0.5, 0.6) is 11.5 Å². The van der Waals surface area contributed by atoms with Crippen LogP contribution in [0.15, 0.2) is 90.5 Å². The van der Waals surface area contributed by atoms with Crippen LogP contribution in [0.3, 0.4) is 0 Å². The van der Waals surface area contributed by atoms with Gasteiger partial charge in [0.25, 0.3) is 5.91 Å². The van der Waals surface area contributed by atoms with Gasteiger partial charge >= 0.3 is 0 Å². The van der Waals surface area contributed by atoms with Gasteiger partial charge in [0, 0.05) is 16.1 Å². The van der Waals surface area contributed by atoms with Crippen molar-refractivity contribution in [2.45, 2.75) is 6.61 Å². The lowest BCUT2D eigenvalue weighted by Gasteiger charge is -2.12. The predicted molar refractivity (Wildman–Crippen MR) is 135 cm³/mol. The second-order valence-electron chi connectivity index (χ2n) is 7.48. The average Bonchev–Trinajstić information content (AvgIpc) is 2.87. The lowest BCUT2D eigenvalue weighted by molar-refractivity contribution is -0.112. The minimum atomic E-state index is -0.485. The van der Waals surface area contributed by atoms with E-state index >= 15 is 0 Å². The van der Waals surface area contributed by atoms with Gasteiger partial charge in [-0.1, -0.05) is 66.2 Å². The molecule has 5 nitrogen and oxygen atoms in total. The van der Waals surface area contributed by atoms with E-state index in [0.717, 1.165) is 16.3 Å². The average molecular weight is 469 g/mol. The molecule has 0 fully saturated rings. The van der Waals surface area contributed by atoms with Crippen molar-refractivity contribution in [3.63, 3.8) is 0 Å². The van der Waals surface area contributed by atoms with E-state index in [4.69, 9.17) is 21.1 Å². The van der Waals surface area contributed by atoms with Crippen molar-refractivity contribution >= 4 is 40.0 Å². The van der Waals surface area contributed by atoms with Crippen molar-refractivity contribution in [1.29, 1.82) is 5.26 Å². The molecule has 0 unspecified atom stereocenters. The van der Waals surface area contributed by atoms with E-state index in [-0.39, 0.29) is 5.57 Å². The zero-order chi connectivity index (χ0) is 23.9. The van der Waals surface area contributed by atoms with Crippen LogP contribution in [0.2, 0.25) is 5.02 Å². The Morgan fingerprint density at radius 1 is 1.00 bits per heavy atom. The highest BCUT2D eigenvalue weighted by Gasteiger charge is 2.13. The Bertz CT molecular complexity index is 1400. The number of amides is 1. The monoisotopic (exact) mass is 468 g/mol. The van der Waals surface area contributed by atoms with Crippen molar-refractivity contribution in [2.24, 2.45) is 0 Å². The number of nitrogens with zero attached hydrogens (tertiary/aromatic N) is 1. The first kappa shape index (κ1) is 22.9. The van der Waals surface area contributed by atoms with E-state index in [1.165, 1.54) is 13.2 Å². The molecule has 1 amide bonds. The minimum Gasteiger partial charge on any atom is -0.493 e. The lowest BCUT2D eigenvalue weighted by Crippen LogP contribution is -2.13. The van der Waals surface area contributed by atoms with Gasteiger partial charge < -0.3 is 14.8 Å². The van der Waals surface area contributed by atoms with Crippen LogP contribution >= 0.6 is 11.6 Å². The van der Waals surface area contributed by atoms with E-state index in [9.17, 15) is 10.1 Å². The summed E-state index contributed by atoms with van der Waals surface area (Å²) in [5.74, 6) is 0.559. The molecule has 0 heterocycles. The molecule has 6 heteroatoms. The number of nitriles is 1. The molecule has 0 radical (unpaired) electrons. The van der Waals surface area contributed by atoms with Gasteiger partial charge in [-0.25, -0.2) is 0 Å². The fraction of sp³-hybridized carbons (Fsp3) is 0.0714. The summed E-state index contributed by atoms with van der Waals surface area (Å²) in [7, 11) is 1.54. The number of fused-ring (bicyclic) bond motifs is 1. The quantitative estimate of drug-likeness (QED) is 0.244. The molecule has 0 aromatic heterocycles. The highest BCUT2D eigenvalue weighted by atomic mass is 35.5. The molecule has 4 aromatic carbocycles. The third kappa shape index (κ3) is 5.37. The molecule has 4 rings (SSSR count). The third-order valence-electron chi connectivity index (χ3n) is 5.21. The molecule has 0 bridgehead atoms. The molecule has 0 aliphatic heterocycles. The summed E-state index contributed by atoms with van der Waals surface area (Å²) < 4.78 is 11.3.